The highest BCUT2D eigenvalue weighted by Crippen LogP contribution is 2.07. The molecule has 1 N–H and O–H groups in total. The maximum Gasteiger partial charge on any atom is 0.245 e. The van der Waals surface area contributed by atoms with E-state index in [9.17, 15) is 18.0 Å². The summed E-state index contributed by atoms with van der Waals surface area (Å²) in [7, 11) is -2.15. The number of hydrogen-bond donors (Lipinski definition) is 1. The van der Waals surface area contributed by atoms with Crippen molar-refractivity contribution in [3.05, 3.63) is 47.7 Å². The number of likely N-dealkylation sites (N-methyl/N-ethyl adjacent to an activating group) is 1. The van der Waals surface area contributed by atoms with Gasteiger partial charge in [-0.15, -0.1) is 0 Å². The molecular weight excluding hydrogens is 370 g/mol. The number of benzene rings is 1. The van der Waals surface area contributed by atoms with E-state index >= 15 is 0 Å². The van der Waals surface area contributed by atoms with Gasteiger partial charge >= 0.3 is 0 Å². The molecule has 0 aliphatic heterocycles. The third-order valence-corrected chi connectivity index (χ3v) is 5.41. The minimum atomic E-state index is -3.54. The Morgan fingerprint density at radius 1 is 1.22 bits per heavy atom. The van der Waals surface area contributed by atoms with Crippen molar-refractivity contribution in [2.24, 2.45) is 0 Å². The molecule has 0 saturated heterocycles. The molecule has 1 aromatic heterocycles. The largest absolute Gasteiger partial charge is 0.360 e. The van der Waals surface area contributed by atoms with Crippen LogP contribution in [-0.4, -0.2) is 55.4 Å². The molecule has 0 saturated carbocycles. The second-order valence-electron chi connectivity index (χ2n) is 6.30. The summed E-state index contributed by atoms with van der Waals surface area (Å²) < 4.78 is 29.1. The molecule has 2 rings (SSSR count). The van der Waals surface area contributed by atoms with Crippen molar-refractivity contribution in [1.29, 1.82) is 0 Å². The van der Waals surface area contributed by atoms with E-state index in [1.165, 1.54) is 13.1 Å². The summed E-state index contributed by atoms with van der Waals surface area (Å²) in [5.74, 6) is -1.02. The Labute approximate surface area is 158 Å². The van der Waals surface area contributed by atoms with Crippen molar-refractivity contribution in [3.63, 3.8) is 0 Å². The predicted molar refractivity (Wildman–Crippen MR) is 101 cm³/mol. The molecule has 0 atom stereocenters. The fraction of sp³-hybridized carbons (Fsp3) is 0.389. The molecule has 1 heterocycles. The number of aromatic nitrogens is 1. The molecule has 0 radical (unpaired) electrons. The molecule has 0 aliphatic carbocycles. The summed E-state index contributed by atoms with van der Waals surface area (Å²) in [6.45, 7) is 1.41. The van der Waals surface area contributed by atoms with Gasteiger partial charge in [-0.25, -0.2) is 8.42 Å². The quantitative estimate of drug-likeness (QED) is 0.690. The van der Waals surface area contributed by atoms with Gasteiger partial charge in [-0.05, 0) is 25.3 Å². The first kappa shape index (κ1) is 20.6. The van der Waals surface area contributed by atoms with Crippen LogP contribution in [0.15, 0.2) is 40.9 Å². The van der Waals surface area contributed by atoms with Crippen molar-refractivity contribution >= 4 is 27.5 Å². The summed E-state index contributed by atoms with van der Waals surface area (Å²) in [6.07, 6.45) is 1.07. The minimum Gasteiger partial charge on any atom is -0.360 e. The topological polar surface area (TPSA) is 110 Å². The number of carbonyl (C=O) groups is 2. The number of anilines is 1. The Morgan fingerprint density at radius 3 is 2.56 bits per heavy atom. The number of aryl methyl sites for hydroxylation is 2. The van der Waals surface area contributed by atoms with Gasteiger partial charge in [0, 0.05) is 13.1 Å². The lowest BCUT2D eigenvalue weighted by Crippen LogP contribution is -2.38. The first-order chi connectivity index (χ1) is 12.7. The first-order valence-electron chi connectivity index (χ1n) is 8.46. The van der Waals surface area contributed by atoms with E-state index in [2.05, 4.69) is 10.5 Å². The molecule has 8 nitrogen and oxygen atoms in total. The number of rotatable bonds is 9. The van der Waals surface area contributed by atoms with Crippen LogP contribution in [0.2, 0.25) is 0 Å². The fourth-order valence-corrected chi connectivity index (χ4v) is 3.75. The Balaban J connectivity index is 1.77. The molecular formula is C18H23N3O5S. The molecule has 1 aromatic carbocycles. The van der Waals surface area contributed by atoms with Crippen LogP contribution in [-0.2, 0) is 25.8 Å². The van der Waals surface area contributed by atoms with Crippen LogP contribution in [0.1, 0.15) is 17.7 Å². The molecule has 0 spiro atoms. The van der Waals surface area contributed by atoms with Gasteiger partial charge in [-0.3, -0.25) is 9.59 Å². The van der Waals surface area contributed by atoms with E-state index in [0.717, 1.165) is 10.5 Å². The maximum atomic E-state index is 12.1. The van der Waals surface area contributed by atoms with Gasteiger partial charge in [0.25, 0.3) is 0 Å². The molecule has 146 valence electrons. The van der Waals surface area contributed by atoms with Gasteiger partial charge in [0.15, 0.2) is 15.7 Å². The molecule has 2 aromatic rings. The lowest BCUT2D eigenvalue weighted by atomic mass is 10.1. The zero-order chi connectivity index (χ0) is 19.9. The third kappa shape index (κ3) is 7.22. The number of amides is 2. The van der Waals surface area contributed by atoms with Crippen molar-refractivity contribution in [3.8, 4) is 0 Å². The van der Waals surface area contributed by atoms with Crippen LogP contribution in [0.4, 0.5) is 5.82 Å². The molecule has 9 heteroatoms. The highest BCUT2D eigenvalue weighted by molar-refractivity contribution is 7.92. The van der Waals surface area contributed by atoms with E-state index in [1.807, 2.05) is 30.3 Å². The number of carbonyl (C=O) groups excluding carboxylic acids is 2. The van der Waals surface area contributed by atoms with E-state index < -0.39 is 27.4 Å². The smallest absolute Gasteiger partial charge is 0.245 e. The van der Waals surface area contributed by atoms with Crippen LogP contribution < -0.4 is 5.32 Å². The molecule has 0 fully saturated rings. The van der Waals surface area contributed by atoms with Crippen LogP contribution in [0.5, 0.6) is 0 Å². The number of nitrogens with one attached hydrogen (secondary N) is 1. The average Bonchev–Trinajstić information content (AvgIpc) is 2.99. The molecule has 2 amide bonds. The zero-order valence-corrected chi connectivity index (χ0v) is 16.2. The van der Waals surface area contributed by atoms with Crippen molar-refractivity contribution in [2.75, 3.05) is 30.4 Å². The molecule has 27 heavy (non-hydrogen) atoms. The van der Waals surface area contributed by atoms with Crippen LogP contribution in [0, 0.1) is 6.92 Å². The van der Waals surface area contributed by atoms with Gasteiger partial charge in [0.2, 0.25) is 11.8 Å². The Morgan fingerprint density at radius 2 is 1.93 bits per heavy atom. The van der Waals surface area contributed by atoms with Crippen molar-refractivity contribution in [1.82, 2.24) is 10.1 Å². The Bertz CT molecular complexity index is 877. The van der Waals surface area contributed by atoms with Gasteiger partial charge in [-0.2, -0.15) is 0 Å². The summed E-state index contributed by atoms with van der Waals surface area (Å²) in [4.78, 5) is 25.1. The predicted octanol–water partition coefficient (Wildman–Crippen LogP) is 1.43. The number of sulfone groups is 1. The molecule has 0 aliphatic rings. The van der Waals surface area contributed by atoms with Gasteiger partial charge < -0.3 is 14.7 Å². The Kier molecular flexibility index (Phi) is 7.12. The first-order valence-corrected chi connectivity index (χ1v) is 10.3. The summed E-state index contributed by atoms with van der Waals surface area (Å²) in [6, 6.07) is 11.1. The lowest BCUT2D eigenvalue weighted by Gasteiger charge is -2.16. The van der Waals surface area contributed by atoms with Gasteiger partial charge in [0.1, 0.15) is 11.5 Å². The minimum absolute atomic E-state index is 0.0775. The second-order valence-corrected chi connectivity index (χ2v) is 8.49. The summed E-state index contributed by atoms with van der Waals surface area (Å²) >= 11 is 0. The van der Waals surface area contributed by atoms with Gasteiger partial charge in [-0.1, -0.05) is 35.5 Å². The van der Waals surface area contributed by atoms with Crippen molar-refractivity contribution < 1.29 is 22.5 Å². The van der Waals surface area contributed by atoms with Crippen LogP contribution in [0.25, 0.3) is 0 Å². The van der Waals surface area contributed by atoms with Crippen LogP contribution in [0.3, 0.4) is 0 Å². The SMILES string of the molecule is Cc1cc(NC(=O)CN(C)C(=O)CS(=O)(=O)CCCc2ccccc2)no1. The highest BCUT2D eigenvalue weighted by atomic mass is 32.2. The second kappa shape index (κ2) is 9.31. The Hall–Kier alpha value is -2.68. The number of nitrogens with zero attached hydrogens (tertiary/aromatic N) is 2. The third-order valence-electron chi connectivity index (χ3n) is 3.81. The normalized spacial score (nSPS) is 11.2. The lowest BCUT2D eigenvalue weighted by molar-refractivity contribution is -0.131. The zero-order valence-electron chi connectivity index (χ0n) is 15.3. The summed E-state index contributed by atoms with van der Waals surface area (Å²) in [5.41, 5.74) is 1.05. The van der Waals surface area contributed by atoms with Crippen molar-refractivity contribution in [2.45, 2.75) is 19.8 Å². The standard InChI is InChI=1S/C18H23N3O5S/c1-14-11-16(20-26-14)19-17(22)12-21(2)18(23)13-27(24,25)10-6-9-15-7-4-3-5-8-15/h3-5,7-8,11H,6,9-10,12-13H2,1-2H3,(H,19,20,22). The maximum absolute atomic E-state index is 12.1. The molecule has 0 unspecified atom stereocenters. The van der Waals surface area contributed by atoms with Gasteiger partial charge in [0.05, 0.1) is 12.3 Å². The van der Waals surface area contributed by atoms with Crippen LogP contribution >= 0.6 is 0 Å². The molecule has 0 bridgehead atoms. The van der Waals surface area contributed by atoms with E-state index in [4.69, 9.17) is 4.52 Å². The van der Waals surface area contributed by atoms with E-state index in [1.54, 1.807) is 6.92 Å². The highest BCUT2D eigenvalue weighted by Gasteiger charge is 2.21. The fourth-order valence-electron chi connectivity index (χ4n) is 2.42. The average molecular weight is 393 g/mol. The monoisotopic (exact) mass is 393 g/mol. The van der Waals surface area contributed by atoms with E-state index in [-0.39, 0.29) is 18.1 Å². The number of hydrogen-bond acceptors (Lipinski definition) is 6. The summed E-state index contributed by atoms with van der Waals surface area (Å²) in [5, 5.41) is 6.10. The van der Waals surface area contributed by atoms with E-state index in [0.29, 0.717) is 18.6 Å².